The minimum absolute atomic E-state index is 0.625. The van der Waals surface area contributed by atoms with Crippen molar-refractivity contribution in [3.8, 4) is 0 Å². The van der Waals surface area contributed by atoms with E-state index in [0.29, 0.717) is 5.95 Å². The molecule has 112 valence electrons. The van der Waals surface area contributed by atoms with Crippen LogP contribution >= 0.6 is 0 Å². The third-order valence-electron chi connectivity index (χ3n) is 4.21. The summed E-state index contributed by atoms with van der Waals surface area (Å²) in [4.78, 5) is 7.06. The highest BCUT2D eigenvalue weighted by atomic mass is 15.2. The van der Waals surface area contributed by atoms with Gasteiger partial charge >= 0.3 is 0 Å². The van der Waals surface area contributed by atoms with Crippen molar-refractivity contribution < 1.29 is 0 Å². The van der Waals surface area contributed by atoms with Crippen LogP contribution in [-0.2, 0) is 0 Å². The number of piperidine rings is 1. The lowest BCUT2D eigenvalue weighted by molar-refractivity contribution is 0.160. The van der Waals surface area contributed by atoms with Crippen molar-refractivity contribution in [3.63, 3.8) is 0 Å². The average molecular weight is 285 g/mol. The molecule has 1 unspecified atom stereocenters. The molecule has 1 aromatic carbocycles. The number of fused-ring (bicyclic) bond motifs is 1. The topological polar surface area (TPSA) is 53.9 Å². The molecule has 0 aliphatic carbocycles. The van der Waals surface area contributed by atoms with E-state index in [1.54, 1.807) is 0 Å². The molecular weight excluding hydrogens is 262 g/mol. The number of para-hydroxylation sites is 1. The van der Waals surface area contributed by atoms with E-state index in [9.17, 15) is 0 Å². The van der Waals surface area contributed by atoms with E-state index in [4.69, 9.17) is 0 Å². The Morgan fingerprint density at radius 1 is 1.19 bits per heavy atom. The Kier molecular flexibility index (Phi) is 4.60. The summed E-state index contributed by atoms with van der Waals surface area (Å²) in [5, 5.41) is 11.6. The lowest BCUT2D eigenvalue weighted by Gasteiger charge is -2.33. The van der Waals surface area contributed by atoms with E-state index >= 15 is 0 Å². The van der Waals surface area contributed by atoms with Crippen LogP contribution in [0, 0.1) is 0 Å². The largest absolute Gasteiger partial charge is 0.353 e. The molecule has 1 N–H and O–H groups in total. The molecule has 21 heavy (non-hydrogen) atoms. The third-order valence-corrected chi connectivity index (χ3v) is 4.21. The minimum atomic E-state index is 0.625. The Balaban J connectivity index is 1.48. The monoisotopic (exact) mass is 285 g/mol. The number of nitrogens with zero attached hydrogens (tertiary/aromatic N) is 4. The molecule has 0 amide bonds. The summed E-state index contributed by atoms with van der Waals surface area (Å²) >= 11 is 0. The summed E-state index contributed by atoms with van der Waals surface area (Å²) < 4.78 is 0. The van der Waals surface area contributed by atoms with Crippen molar-refractivity contribution in [2.24, 2.45) is 0 Å². The molecule has 5 nitrogen and oxygen atoms in total. The smallest absolute Gasteiger partial charge is 0.243 e. The van der Waals surface area contributed by atoms with Gasteiger partial charge in [0.15, 0.2) is 0 Å². The molecule has 1 fully saturated rings. The molecule has 3 rings (SSSR count). The van der Waals surface area contributed by atoms with Crippen LogP contribution < -0.4 is 5.32 Å². The Hall–Kier alpha value is -1.75. The Labute approximate surface area is 125 Å². The van der Waals surface area contributed by atoms with Gasteiger partial charge in [-0.1, -0.05) is 18.6 Å². The summed E-state index contributed by atoms with van der Waals surface area (Å²) in [6, 6.07) is 8.54. The van der Waals surface area contributed by atoms with Gasteiger partial charge in [-0.05, 0) is 44.9 Å². The van der Waals surface area contributed by atoms with Gasteiger partial charge in [0.2, 0.25) is 5.95 Å². The molecule has 1 aliphatic rings. The standard InChI is InChI=1S/C16H23N5/c1-13-7-4-5-11-21(13)12-6-10-17-16-18-14-8-2-3-9-15(14)19-20-16/h2-3,8-9,13H,4-7,10-12H2,1H3,(H,17,18,20). The predicted molar refractivity (Wildman–Crippen MR) is 85.3 cm³/mol. The fraction of sp³-hybridized carbons (Fsp3) is 0.562. The van der Waals surface area contributed by atoms with Crippen molar-refractivity contribution in [2.75, 3.05) is 25.0 Å². The van der Waals surface area contributed by atoms with Gasteiger partial charge in [0, 0.05) is 19.1 Å². The number of hydrogen-bond donors (Lipinski definition) is 1. The van der Waals surface area contributed by atoms with Gasteiger partial charge in [0.25, 0.3) is 0 Å². The van der Waals surface area contributed by atoms with Crippen LogP contribution in [0.25, 0.3) is 11.0 Å². The van der Waals surface area contributed by atoms with Gasteiger partial charge in [0.05, 0.1) is 5.52 Å². The number of hydrogen-bond acceptors (Lipinski definition) is 5. The fourth-order valence-electron chi connectivity index (χ4n) is 2.93. The van der Waals surface area contributed by atoms with Crippen LogP contribution in [0.15, 0.2) is 24.3 Å². The lowest BCUT2D eigenvalue weighted by atomic mass is 10.0. The average Bonchev–Trinajstić information content (AvgIpc) is 2.53. The molecule has 2 heterocycles. The Morgan fingerprint density at radius 2 is 2.05 bits per heavy atom. The molecular formula is C16H23N5. The van der Waals surface area contributed by atoms with Crippen molar-refractivity contribution in [1.29, 1.82) is 0 Å². The second-order valence-electron chi connectivity index (χ2n) is 5.79. The molecule has 1 saturated heterocycles. The highest BCUT2D eigenvalue weighted by Crippen LogP contribution is 2.16. The van der Waals surface area contributed by atoms with Crippen molar-refractivity contribution >= 4 is 17.0 Å². The molecule has 5 heteroatoms. The van der Waals surface area contributed by atoms with Crippen molar-refractivity contribution in [2.45, 2.75) is 38.6 Å². The molecule has 0 bridgehead atoms. The normalized spacial score (nSPS) is 19.8. The third kappa shape index (κ3) is 3.67. The highest BCUT2D eigenvalue weighted by Gasteiger charge is 2.17. The number of likely N-dealkylation sites (tertiary alicyclic amines) is 1. The maximum absolute atomic E-state index is 4.48. The Bertz CT molecular complexity index is 586. The number of benzene rings is 1. The van der Waals surface area contributed by atoms with Crippen LogP contribution in [0.2, 0.25) is 0 Å². The molecule has 0 spiro atoms. The first kappa shape index (κ1) is 14.2. The lowest BCUT2D eigenvalue weighted by Crippen LogP contribution is -2.38. The zero-order valence-electron chi connectivity index (χ0n) is 12.6. The number of aromatic nitrogens is 3. The SMILES string of the molecule is CC1CCCCN1CCCNc1nnc2ccccc2n1. The van der Waals surface area contributed by atoms with Gasteiger partial charge in [-0.25, -0.2) is 4.98 Å². The zero-order valence-corrected chi connectivity index (χ0v) is 12.6. The van der Waals surface area contributed by atoms with Crippen LogP contribution in [0.1, 0.15) is 32.6 Å². The second kappa shape index (κ2) is 6.80. The van der Waals surface area contributed by atoms with E-state index in [0.717, 1.165) is 36.6 Å². The number of anilines is 1. The van der Waals surface area contributed by atoms with Gasteiger partial charge in [0.1, 0.15) is 5.52 Å². The van der Waals surface area contributed by atoms with Gasteiger partial charge < -0.3 is 10.2 Å². The zero-order chi connectivity index (χ0) is 14.5. The molecule has 1 atom stereocenters. The fourth-order valence-corrected chi connectivity index (χ4v) is 2.93. The van der Waals surface area contributed by atoms with Gasteiger partial charge in [-0.15, -0.1) is 10.2 Å². The summed E-state index contributed by atoms with van der Waals surface area (Å²) in [7, 11) is 0. The molecule has 2 aromatic rings. The maximum atomic E-state index is 4.48. The number of rotatable bonds is 5. The van der Waals surface area contributed by atoms with E-state index < -0.39 is 0 Å². The molecule has 0 radical (unpaired) electrons. The van der Waals surface area contributed by atoms with Crippen LogP contribution in [-0.4, -0.2) is 45.8 Å². The van der Waals surface area contributed by atoms with E-state index in [1.807, 2.05) is 24.3 Å². The number of nitrogens with one attached hydrogen (secondary N) is 1. The predicted octanol–water partition coefficient (Wildman–Crippen LogP) is 2.70. The second-order valence-corrected chi connectivity index (χ2v) is 5.79. The van der Waals surface area contributed by atoms with Crippen molar-refractivity contribution in [1.82, 2.24) is 20.1 Å². The minimum Gasteiger partial charge on any atom is -0.353 e. The molecule has 1 aliphatic heterocycles. The first-order valence-electron chi connectivity index (χ1n) is 7.90. The van der Waals surface area contributed by atoms with Gasteiger partial charge in [-0.3, -0.25) is 0 Å². The van der Waals surface area contributed by atoms with E-state index in [1.165, 1.54) is 25.8 Å². The van der Waals surface area contributed by atoms with Crippen LogP contribution in [0.5, 0.6) is 0 Å². The van der Waals surface area contributed by atoms with Crippen LogP contribution in [0.3, 0.4) is 0 Å². The first-order chi connectivity index (χ1) is 10.3. The summed E-state index contributed by atoms with van der Waals surface area (Å²) in [6.45, 7) is 5.62. The van der Waals surface area contributed by atoms with Crippen molar-refractivity contribution in [3.05, 3.63) is 24.3 Å². The summed E-state index contributed by atoms with van der Waals surface area (Å²) in [6.07, 6.45) is 5.17. The van der Waals surface area contributed by atoms with Crippen LogP contribution in [0.4, 0.5) is 5.95 Å². The van der Waals surface area contributed by atoms with E-state index in [2.05, 4.69) is 32.3 Å². The highest BCUT2D eigenvalue weighted by molar-refractivity contribution is 5.73. The summed E-state index contributed by atoms with van der Waals surface area (Å²) in [5.74, 6) is 0.625. The summed E-state index contributed by atoms with van der Waals surface area (Å²) in [5.41, 5.74) is 1.73. The first-order valence-corrected chi connectivity index (χ1v) is 7.90. The van der Waals surface area contributed by atoms with E-state index in [-0.39, 0.29) is 0 Å². The molecule has 1 aromatic heterocycles. The van der Waals surface area contributed by atoms with Gasteiger partial charge in [-0.2, -0.15) is 0 Å². The Morgan fingerprint density at radius 3 is 2.90 bits per heavy atom. The quantitative estimate of drug-likeness (QED) is 0.856. The maximum Gasteiger partial charge on any atom is 0.243 e. The molecule has 0 saturated carbocycles.